The molecule has 0 rings (SSSR count). The van der Waals surface area contributed by atoms with Crippen LogP contribution in [0.15, 0.2) is 4.99 Å². The van der Waals surface area contributed by atoms with Gasteiger partial charge in [0.25, 0.3) is 0 Å². The number of hydrogen-bond donors (Lipinski definition) is 2. The summed E-state index contributed by atoms with van der Waals surface area (Å²) in [5.74, 6) is 6.21. The van der Waals surface area contributed by atoms with Crippen molar-refractivity contribution in [3.05, 3.63) is 0 Å². The normalized spacial score (nSPS) is 11.5. The van der Waals surface area contributed by atoms with E-state index in [9.17, 15) is 0 Å². The predicted molar refractivity (Wildman–Crippen MR) is 57.5 cm³/mol. The number of rotatable bonds is 5. The molecule has 13 heavy (non-hydrogen) atoms. The van der Waals surface area contributed by atoms with Gasteiger partial charge in [-0.15, -0.1) is 0 Å². The second-order valence-corrected chi connectivity index (χ2v) is 2.93. The molecule has 4 nitrogen and oxygen atoms in total. The maximum Gasteiger partial charge on any atom is 0.208 e. The molecular weight excluding hydrogens is 164 g/mol. The molecule has 3 N–H and O–H groups in total. The van der Waals surface area contributed by atoms with Crippen molar-refractivity contribution < 1.29 is 0 Å². The molecule has 0 unspecified atom stereocenters. The molecule has 0 aromatic rings. The van der Waals surface area contributed by atoms with Crippen LogP contribution >= 0.6 is 0 Å². The zero-order chi connectivity index (χ0) is 10.1. The zero-order valence-corrected chi connectivity index (χ0v) is 9.01. The Morgan fingerprint density at radius 1 is 1.31 bits per heavy atom. The van der Waals surface area contributed by atoms with Crippen molar-refractivity contribution in [3.63, 3.8) is 0 Å². The molecule has 0 aliphatic carbocycles. The van der Waals surface area contributed by atoms with Crippen LogP contribution in [0.3, 0.4) is 0 Å². The van der Waals surface area contributed by atoms with E-state index in [1.54, 1.807) is 0 Å². The molecule has 0 aliphatic heterocycles. The number of nitrogens with two attached hydrogens (primary N) is 1. The highest BCUT2D eigenvalue weighted by Crippen LogP contribution is 1.92. The van der Waals surface area contributed by atoms with Crippen LogP contribution in [0, 0.1) is 0 Å². The monoisotopic (exact) mass is 186 g/mol. The van der Waals surface area contributed by atoms with Crippen LogP contribution in [0.2, 0.25) is 0 Å². The van der Waals surface area contributed by atoms with Crippen LogP contribution in [0.25, 0.3) is 0 Å². The molecule has 0 aromatic heterocycles. The molecular formula is C9H22N4. The van der Waals surface area contributed by atoms with Gasteiger partial charge in [0.1, 0.15) is 0 Å². The van der Waals surface area contributed by atoms with Gasteiger partial charge in [-0.25, -0.2) is 5.84 Å². The topological polar surface area (TPSA) is 53.6 Å². The average Bonchev–Trinajstić information content (AvgIpc) is 2.17. The van der Waals surface area contributed by atoms with E-state index in [1.807, 2.05) is 0 Å². The molecule has 0 amide bonds. The van der Waals surface area contributed by atoms with Gasteiger partial charge in [-0.1, -0.05) is 13.8 Å². The summed E-state index contributed by atoms with van der Waals surface area (Å²) in [6.45, 7) is 9.14. The fourth-order valence-electron chi connectivity index (χ4n) is 1.14. The van der Waals surface area contributed by atoms with E-state index in [1.165, 1.54) is 0 Å². The van der Waals surface area contributed by atoms with Gasteiger partial charge in [-0.05, 0) is 19.8 Å². The Balaban J connectivity index is 4.15. The molecule has 0 aromatic carbocycles. The van der Waals surface area contributed by atoms with Gasteiger partial charge in [0.2, 0.25) is 5.96 Å². The van der Waals surface area contributed by atoms with Crippen molar-refractivity contribution in [2.75, 3.05) is 19.6 Å². The van der Waals surface area contributed by atoms with Gasteiger partial charge < -0.3 is 4.90 Å². The minimum absolute atomic E-state index is 0.811. The first kappa shape index (κ1) is 12.2. The number of nitrogens with zero attached hydrogens (tertiary/aromatic N) is 2. The predicted octanol–water partition coefficient (Wildman–Crippen LogP) is 0.948. The minimum atomic E-state index is 0.811. The van der Waals surface area contributed by atoms with Crippen LogP contribution in [0.5, 0.6) is 0 Å². The van der Waals surface area contributed by atoms with Crippen LogP contribution in [-0.4, -0.2) is 30.5 Å². The third-order valence-electron chi connectivity index (χ3n) is 1.79. The van der Waals surface area contributed by atoms with E-state index >= 15 is 0 Å². The lowest BCUT2D eigenvalue weighted by molar-refractivity contribution is 0.421. The number of nitrogens with one attached hydrogen (secondary N) is 1. The lowest BCUT2D eigenvalue weighted by Gasteiger charge is -2.23. The minimum Gasteiger partial charge on any atom is -0.342 e. The van der Waals surface area contributed by atoms with Gasteiger partial charge in [0, 0.05) is 19.6 Å². The van der Waals surface area contributed by atoms with Crippen LogP contribution in [0.4, 0.5) is 0 Å². The molecule has 0 atom stereocenters. The Hall–Kier alpha value is -0.770. The number of hydrazine groups is 1. The highest BCUT2D eigenvalue weighted by Gasteiger charge is 2.05. The summed E-state index contributed by atoms with van der Waals surface area (Å²) in [7, 11) is 0. The number of guanidine groups is 1. The average molecular weight is 186 g/mol. The maximum atomic E-state index is 5.40. The first-order valence-corrected chi connectivity index (χ1v) is 5.06. The maximum absolute atomic E-state index is 5.40. The van der Waals surface area contributed by atoms with Crippen molar-refractivity contribution in [1.82, 2.24) is 10.3 Å². The molecule has 78 valence electrons. The third-order valence-corrected chi connectivity index (χ3v) is 1.79. The molecule has 0 spiro atoms. The van der Waals surface area contributed by atoms with E-state index in [0.29, 0.717) is 0 Å². The summed E-state index contributed by atoms with van der Waals surface area (Å²) in [5, 5.41) is 0. The molecule has 0 heterocycles. The standard InChI is InChI=1S/C9H22N4/c1-4-7-11-9(12-10)13(6-3)8-5-2/h4-8,10H2,1-3H3,(H,11,12). The van der Waals surface area contributed by atoms with E-state index < -0.39 is 0 Å². The van der Waals surface area contributed by atoms with Crippen molar-refractivity contribution in [1.29, 1.82) is 0 Å². The van der Waals surface area contributed by atoms with E-state index in [2.05, 4.69) is 36.1 Å². The Labute approximate surface area is 81.2 Å². The highest BCUT2D eigenvalue weighted by atomic mass is 15.4. The quantitative estimate of drug-likeness (QED) is 0.291. The molecule has 0 bridgehead atoms. The Morgan fingerprint density at radius 2 is 2.00 bits per heavy atom. The molecule has 0 aliphatic rings. The van der Waals surface area contributed by atoms with Crippen LogP contribution in [-0.2, 0) is 0 Å². The largest absolute Gasteiger partial charge is 0.342 e. The second kappa shape index (κ2) is 7.86. The molecule has 0 radical (unpaired) electrons. The summed E-state index contributed by atoms with van der Waals surface area (Å²) in [6, 6.07) is 0. The van der Waals surface area contributed by atoms with E-state index in [4.69, 9.17) is 5.84 Å². The third kappa shape index (κ3) is 4.72. The first-order valence-electron chi connectivity index (χ1n) is 5.06. The first-order chi connectivity index (χ1) is 6.29. The Bertz CT molecular complexity index is 145. The summed E-state index contributed by atoms with van der Waals surface area (Å²) in [4.78, 5) is 6.51. The van der Waals surface area contributed by atoms with Gasteiger partial charge in [0.15, 0.2) is 0 Å². The van der Waals surface area contributed by atoms with Gasteiger partial charge in [0.05, 0.1) is 0 Å². The lowest BCUT2D eigenvalue weighted by Crippen LogP contribution is -2.45. The summed E-state index contributed by atoms with van der Waals surface area (Å²) in [5.41, 5.74) is 2.65. The molecule has 0 fully saturated rings. The number of hydrogen-bond acceptors (Lipinski definition) is 2. The van der Waals surface area contributed by atoms with Gasteiger partial charge in [-0.3, -0.25) is 10.4 Å². The Kier molecular flexibility index (Phi) is 7.39. The smallest absolute Gasteiger partial charge is 0.208 e. The summed E-state index contributed by atoms with van der Waals surface area (Å²) >= 11 is 0. The van der Waals surface area contributed by atoms with Crippen LogP contribution < -0.4 is 11.3 Å². The summed E-state index contributed by atoms with van der Waals surface area (Å²) in [6.07, 6.45) is 2.16. The van der Waals surface area contributed by atoms with Crippen LogP contribution in [0.1, 0.15) is 33.6 Å². The fourth-order valence-corrected chi connectivity index (χ4v) is 1.14. The van der Waals surface area contributed by atoms with Crippen molar-refractivity contribution in [2.45, 2.75) is 33.6 Å². The Morgan fingerprint density at radius 3 is 2.38 bits per heavy atom. The molecule has 0 saturated carbocycles. The van der Waals surface area contributed by atoms with E-state index in [-0.39, 0.29) is 0 Å². The van der Waals surface area contributed by atoms with E-state index in [0.717, 1.165) is 38.4 Å². The van der Waals surface area contributed by atoms with Crippen molar-refractivity contribution in [3.8, 4) is 0 Å². The van der Waals surface area contributed by atoms with Gasteiger partial charge in [-0.2, -0.15) is 0 Å². The zero-order valence-electron chi connectivity index (χ0n) is 9.01. The van der Waals surface area contributed by atoms with Crippen molar-refractivity contribution in [2.24, 2.45) is 10.8 Å². The fraction of sp³-hybridized carbons (Fsp3) is 0.889. The highest BCUT2D eigenvalue weighted by molar-refractivity contribution is 5.79. The second-order valence-electron chi connectivity index (χ2n) is 2.93. The summed E-state index contributed by atoms with van der Waals surface area (Å²) < 4.78 is 0. The molecule has 4 heteroatoms. The number of aliphatic imine (C=N–C) groups is 1. The molecule has 0 saturated heterocycles. The SMILES string of the molecule is CCCN=C(NN)N(CC)CCC. The lowest BCUT2D eigenvalue weighted by atomic mass is 10.4. The van der Waals surface area contributed by atoms with Crippen molar-refractivity contribution >= 4 is 5.96 Å². The van der Waals surface area contributed by atoms with Gasteiger partial charge >= 0.3 is 0 Å².